The van der Waals surface area contributed by atoms with Crippen molar-refractivity contribution in [3.05, 3.63) is 83.4 Å². The zero-order chi connectivity index (χ0) is 29.4. The number of amides is 3. The number of hydrogen-bond donors (Lipinski definition) is 2. The van der Waals surface area contributed by atoms with Gasteiger partial charge in [0.15, 0.2) is 0 Å². The fraction of sp³-hybridized carbons (Fsp3) is 0.323. The lowest BCUT2D eigenvalue weighted by atomic mass is 10.1. The van der Waals surface area contributed by atoms with Gasteiger partial charge in [-0.25, -0.2) is 9.59 Å². The highest BCUT2D eigenvalue weighted by atomic mass is 16.7. The standard InChI is InChI=1S/C31H35N3O7/c1-20-8-5-6-9-24(20)32-31(37)33-25-16-11-21(18-27(25)38-2)19-28(35)34-17-7-10-26(34)30(40-4)41-23-14-12-22(13-15-23)29(36)39-3/h5-6,8-9,11-16,18,26,30H,7,10,17,19H2,1-4H3,(H2,32,33,37)/t26-,30?/m0/s1. The van der Waals surface area contributed by atoms with E-state index in [9.17, 15) is 14.4 Å². The van der Waals surface area contributed by atoms with E-state index in [0.717, 1.165) is 24.0 Å². The summed E-state index contributed by atoms with van der Waals surface area (Å²) in [5.74, 6) is 0.461. The number of benzene rings is 3. The van der Waals surface area contributed by atoms with Gasteiger partial charge in [-0.05, 0) is 73.4 Å². The summed E-state index contributed by atoms with van der Waals surface area (Å²) in [6.45, 7) is 2.50. The second kappa shape index (κ2) is 13.7. The van der Waals surface area contributed by atoms with Crippen LogP contribution in [0.15, 0.2) is 66.7 Å². The topological polar surface area (TPSA) is 115 Å². The molecule has 3 amide bonds. The molecule has 1 fully saturated rings. The zero-order valence-corrected chi connectivity index (χ0v) is 23.6. The van der Waals surface area contributed by atoms with Crippen molar-refractivity contribution in [2.24, 2.45) is 0 Å². The Labute approximate surface area is 239 Å². The van der Waals surface area contributed by atoms with Crippen molar-refractivity contribution in [2.75, 3.05) is 38.5 Å². The number of nitrogens with one attached hydrogen (secondary N) is 2. The van der Waals surface area contributed by atoms with E-state index in [1.54, 1.807) is 54.5 Å². The van der Waals surface area contributed by atoms with Crippen LogP contribution in [0, 0.1) is 6.92 Å². The summed E-state index contributed by atoms with van der Waals surface area (Å²) >= 11 is 0. The van der Waals surface area contributed by atoms with E-state index in [4.69, 9.17) is 18.9 Å². The predicted octanol–water partition coefficient (Wildman–Crippen LogP) is 5.02. The molecule has 3 aromatic carbocycles. The number of hydrogen-bond acceptors (Lipinski definition) is 7. The number of methoxy groups -OCH3 is 3. The SMILES string of the molecule is COC(=O)c1ccc(OC(OC)[C@@H]2CCCN2C(=O)Cc2ccc(NC(=O)Nc3ccccc3C)c(OC)c2)cc1. The van der Waals surface area contributed by atoms with Gasteiger partial charge in [-0.15, -0.1) is 0 Å². The average molecular weight is 562 g/mol. The molecule has 3 aromatic rings. The Morgan fingerprint density at radius 2 is 1.68 bits per heavy atom. The first kappa shape index (κ1) is 29.4. The molecule has 0 saturated carbocycles. The third-order valence-electron chi connectivity index (χ3n) is 6.96. The highest BCUT2D eigenvalue weighted by Gasteiger charge is 2.36. The summed E-state index contributed by atoms with van der Waals surface area (Å²) in [5, 5.41) is 5.64. The average Bonchev–Trinajstić information content (AvgIpc) is 3.48. The van der Waals surface area contributed by atoms with Crippen molar-refractivity contribution in [3.8, 4) is 11.5 Å². The Morgan fingerprint density at radius 1 is 0.951 bits per heavy atom. The minimum Gasteiger partial charge on any atom is -0.495 e. The number of para-hydroxylation sites is 1. The number of anilines is 2. The Morgan fingerprint density at radius 3 is 2.37 bits per heavy atom. The van der Waals surface area contributed by atoms with Crippen LogP contribution in [0.4, 0.5) is 16.2 Å². The lowest BCUT2D eigenvalue weighted by molar-refractivity contribution is -0.143. The van der Waals surface area contributed by atoms with Crippen LogP contribution in [0.25, 0.3) is 0 Å². The molecule has 0 spiro atoms. The molecule has 10 nitrogen and oxygen atoms in total. The molecule has 0 aliphatic carbocycles. The van der Waals surface area contributed by atoms with E-state index < -0.39 is 18.3 Å². The van der Waals surface area contributed by atoms with Crippen molar-refractivity contribution in [3.63, 3.8) is 0 Å². The van der Waals surface area contributed by atoms with Gasteiger partial charge < -0.3 is 34.5 Å². The molecule has 1 heterocycles. The van der Waals surface area contributed by atoms with Crippen molar-refractivity contribution >= 4 is 29.3 Å². The number of nitrogens with zero attached hydrogens (tertiary/aromatic N) is 1. The van der Waals surface area contributed by atoms with Crippen LogP contribution in [-0.4, -0.2) is 63.0 Å². The van der Waals surface area contributed by atoms with Gasteiger partial charge in [-0.2, -0.15) is 0 Å². The Bertz CT molecular complexity index is 1380. The van der Waals surface area contributed by atoms with Crippen molar-refractivity contribution in [1.29, 1.82) is 0 Å². The minimum absolute atomic E-state index is 0.0701. The van der Waals surface area contributed by atoms with Crippen molar-refractivity contribution < 1.29 is 33.3 Å². The van der Waals surface area contributed by atoms with Gasteiger partial charge in [0.2, 0.25) is 12.2 Å². The molecule has 1 unspecified atom stereocenters. The van der Waals surface area contributed by atoms with Crippen LogP contribution in [-0.2, 0) is 20.7 Å². The maximum atomic E-state index is 13.4. The number of carbonyl (C=O) groups excluding carboxylic acids is 3. The molecule has 216 valence electrons. The lowest BCUT2D eigenvalue weighted by Gasteiger charge is -2.31. The molecule has 1 saturated heterocycles. The van der Waals surface area contributed by atoms with Gasteiger partial charge >= 0.3 is 12.0 Å². The van der Waals surface area contributed by atoms with Crippen LogP contribution in [0.3, 0.4) is 0 Å². The maximum Gasteiger partial charge on any atom is 0.337 e. The first-order valence-electron chi connectivity index (χ1n) is 13.3. The Kier molecular flexibility index (Phi) is 9.81. The molecule has 10 heteroatoms. The van der Waals surface area contributed by atoms with Gasteiger partial charge in [0.25, 0.3) is 0 Å². The number of carbonyl (C=O) groups is 3. The normalized spacial score (nSPS) is 15.1. The quantitative estimate of drug-likeness (QED) is 0.264. The summed E-state index contributed by atoms with van der Waals surface area (Å²) in [4.78, 5) is 39.5. The minimum atomic E-state index is -0.682. The van der Waals surface area contributed by atoms with E-state index in [1.807, 2.05) is 31.2 Å². The molecule has 1 aliphatic rings. The number of esters is 1. The summed E-state index contributed by atoms with van der Waals surface area (Å²) in [6.07, 6.45) is 1.01. The van der Waals surface area contributed by atoms with E-state index in [0.29, 0.717) is 35.0 Å². The first-order valence-corrected chi connectivity index (χ1v) is 13.3. The third kappa shape index (κ3) is 7.34. The van der Waals surface area contributed by atoms with Gasteiger partial charge in [-0.3, -0.25) is 4.79 Å². The van der Waals surface area contributed by atoms with Crippen LogP contribution >= 0.6 is 0 Å². The van der Waals surface area contributed by atoms with Crippen LogP contribution in [0.1, 0.15) is 34.3 Å². The van der Waals surface area contributed by atoms with Crippen molar-refractivity contribution in [1.82, 2.24) is 4.90 Å². The number of likely N-dealkylation sites (tertiary alicyclic amines) is 1. The van der Waals surface area contributed by atoms with Crippen LogP contribution in [0.2, 0.25) is 0 Å². The second-order valence-corrected chi connectivity index (χ2v) is 9.64. The maximum absolute atomic E-state index is 13.4. The molecule has 0 bridgehead atoms. The van der Waals surface area contributed by atoms with Crippen LogP contribution < -0.4 is 20.1 Å². The zero-order valence-electron chi connectivity index (χ0n) is 23.6. The van der Waals surface area contributed by atoms with E-state index in [2.05, 4.69) is 10.6 Å². The van der Waals surface area contributed by atoms with Crippen molar-refractivity contribution in [2.45, 2.75) is 38.5 Å². The molecule has 0 aromatic heterocycles. The van der Waals surface area contributed by atoms with E-state index in [1.165, 1.54) is 14.2 Å². The molecule has 0 radical (unpaired) electrons. The molecule has 41 heavy (non-hydrogen) atoms. The highest BCUT2D eigenvalue weighted by Crippen LogP contribution is 2.29. The Balaban J connectivity index is 1.39. The summed E-state index contributed by atoms with van der Waals surface area (Å²) in [7, 11) is 4.38. The van der Waals surface area contributed by atoms with E-state index in [-0.39, 0.29) is 18.4 Å². The molecule has 4 rings (SSSR count). The summed E-state index contributed by atoms with van der Waals surface area (Å²) < 4.78 is 21.9. The molecule has 2 N–H and O–H groups in total. The second-order valence-electron chi connectivity index (χ2n) is 9.64. The molecular weight excluding hydrogens is 526 g/mol. The Hall–Kier alpha value is -4.57. The predicted molar refractivity (Wildman–Crippen MR) is 154 cm³/mol. The number of rotatable bonds is 10. The first-order chi connectivity index (χ1) is 19.8. The summed E-state index contributed by atoms with van der Waals surface area (Å²) in [6, 6.07) is 18.7. The fourth-order valence-electron chi connectivity index (χ4n) is 4.80. The molecule has 2 atom stereocenters. The van der Waals surface area contributed by atoms with Gasteiger partial charge in [0, 0.05) is 19.3 Å². The number of urea groups is 1. The number of ether oxygens (including phenoxy) is 4. The van der Waals surface area contributed by atoms with Gasteiger partial charge in [-0.1, -0.05) is 24.3 Å². The number of aryl methyl sites for hydroxylation is 1. The van der Waals surface area contributed by atoms with E-state index >= 15 is 0 Å². The van der Waals surface area contributed by atoms with Gasteiger partial charge in [0.1, 0.15) is 11.5 Å². The highest BCUT2D eigenvalue weighted by molar-refractivity contribution is 6.01. The largest absolute Gasteiger partial charge is 0.495 e. The monoisotopic (exact) mass is 561 g/mol. The fourth-order valence-corrected chi connectivity index (χ4v) is 4.80. The van der Waals surface area contributed by atoms with Gasteiger partial charge in [0.05, 0.1) is 37.9 Å². The third-order valence-corrected chi connectivity index (χ3v) is 6.96. The molecular formula is C31H35N3O7. The summed E-state index contributed by atoms with van der Waals surface area (Å²) in [5.41, 5.74) is 3.30. The lowest BCUT2D eigenvalue weighted by Crippen LogP contribution is -2.46. The van der Waals surface area contributed by atoms with Crippen LogP contribution in [0.5, 0.6) is 11.5 Å². The molecule has 1 aliphatic heterocycles. The smallest absolute Gasteiger partial charge is 0.337 e.